The summed E-state index contributed by atoms with van der Waals surface area (Å²) in [6, 6.07) is 8.84. The zero-order valence-corrected chi connectivity index (χ0v) is 12.0. The topological polar surface area (TPSA) is 39.1 Å². The molecule has 1 atom stereocenters. The minimum absolute atomic E-state index is 0.432. The average Bonchev–Trinajstić information content (AvgIpc) is 3.22. The maximum atomic E-state index is 5.23. The molecular formula is C16H21N3O. The predicted molar refractivity (Wildman–Crippen MR) is 78.5 cm³/mol. The van der Waals surface area contributed by atoms with Crippen LogP contribution in [-0.4, -0.2) is 16.9 Å². The normalized spacial score (nSPS) is 16.1. The highest BCUT2D eigenvalue weighted by molar-refractivity contribution is 5.30. The fraction of sp³-hybridized carbons (Fsp3) is 0.438. The van der Waals surface area contributed by atoms with Gasteiger partial charge in [0.1, 0.15) is 5.75 Å². The lowest BCUT2D eigenvalue weighted by Gasteiger charge is -2.18. The second-order valence-electron chi connectivity index (χ2n) is 5.49. The van der Waals surface area contributed by atoms with Crippen LogP contribution in [0, 0.1) is 5.92 Å². The Kier molecular flexibility index (Phi) is 3.74. The molecule has 1 heterocycles. The van der Waals surface area contributed by atoms with Crippen LogP contribution < -0.4 is 10.1 Å². The van der Waals surface area contributed by atoms with Crippen molar-refractivity contribution < 1.29 is 4.74 Å². The molecule has 20 heavy (non-hydrogen) atoms. The highest BCUT2D eigenvalue weighted by Gasteiger charge is 2.31. The first kappa shape index (κ1) is 13.2. The van der Waals surface area contributed by atoms with Crippen LogP contribution in [0.3, 0.4) is 0 Å². The molecule has 1 aliphatic carbocycles. The van der Waals surface area contributed by atoms with Crippen LogP contribution in [0.4, 0.5) is 0 Å². The third-order valence-corrected chi connectivity index (χ3v) is 3.85. The molecule has 0 spiro atoms. The molecule has 1 aromatic heterocycles. The predicted octanol–water partition coefficient (Wildman–Crippen LogP) is 2.67. The fourth-order valence-corrected chi connectivity index (χ4v) is 2.59. The van der Waals surface area contributed by atoms with Crippen LogP contribution in [0.2, 0.25) is 0 Å². The number of ether oxygens (including phenoxy) is 1. The van der Waals surface area contributed by atoms with E-state index in [0.717, 1.165) is 18.2 Å². The maximum absolute atomic E-state index is 5.23. The van der Waals surface area contributed by atoms with Crippen molar-refractivity contribution in [2.75, 3.05) is 7.11 Å². The highest BCUT2D eigenvalue weighted by atomic mass is 16.5. The summed E-state index contributed by atoms with van der Waals surface area (Å²) in [5.41, 5.74) is 2.57. The molecule has 4 nitrogen and oxygen atoms in total. The summed E-state index contributed by atoms with van der Waals surface area (Å²) in [4.78, 5) is 0. The fourth-order valence-electron chi connectivity index (χ4n) is 2.59. The number of aromatic nitrogens is 2. The molecular weight excluding hydrogens is 250 g/mol. The number of hydrogen-bond donors (Lipinski definition) is 1. The second kappa shape index (κ2) is 5.67. The first-order valence-corrected chi connectivity index (χ1v) is 7.11. The molecule has 1 N–H and O–H groups in total. The number of methoxy groups -OCH3 is 1. The molecule has 0 bridgehead atoms. The van der Waals surface area contributed by atoms with E-state index in [9.17, 15) is 0 Å². The number of nitrogens with one attached hydrogen (secondary N) is 1. The van der Waals surface area contributed by atoms with Gasteiger partial charge in [-0.2, -0.15) is 5.10 Å². The Labute approximate surface area is 119 Å². The zero-order valence-electron chi connectivity index (χ0n) is 12.0. The first-order chi connectivity index (χ1) is 9.76. The van der Waals surface area contributed by atoms with Gasteiger partial charge in [-0.05, 0) is 36.5 Å². The summed E-state index contributed by atoms with van der Waals surface area (Å²) in [7, 11) is 3.65. The van der Waals surface area contributed by atoms with Crippen LogP contribution in [0.15, 0.2) is 36.7 Å². The van der Waals surface area contributed by atoms with Crippen molar-refractivity contribution in [3.05, 3.63) is 47.8 Å². The smallest absolute Gasteiger partial charge is 0.118 e. The monoisotopic (exact) mass is 271 g/mol. The van der Waals surface area contributed by atoms with Gasteiger partial charge < -0.3 is 10.1 Å². The van der Waals surface area contributed by atoms with Crippen LogP contribution >= 0.6 is 0 Å². The number of hydrogen-bond acceptors (Lipinski definition) is 3. The average molecular weight is 271 g/mol. The van der Waals surface area contributed by atoms with Crippen molar-refractivity contribution in [1.29, 1.82) is 0 Å². The molecule has 0 amide bonds. The van der Waals surface area contributed by atoms with Gasteiger partial charge in [-0.3, -0.25) is 4.68 Å². The standard InChI is InChI=1S/C16H21N3O/c1-19-11-12(10-18-19)9-17-16(13-3-4-13)14-5-7-15(20-2)8-6-14/h5-8,10-11,13,16-17H,3-4,9H2,1-2H3. The largest absolute Gasteiger partial charge is 0.497 e. The summed E-state index contributed by atoms with van der Waals surface area (Å²) >= 11 is 0. The van der Waals surface area contributed by atoms with Gasteiger partial charge in [-0.1, -0.05) is 12.1 Å². The van der Waals surface area contributed by atoms with E-state index in [0.29, 0.717) is 6.04 Å². The van der Waals surface area contributed by atoms with E-state index in [4.69, 9.17) is 4.74 Å². The molecule has 0 aliphatic heterocycles. The van der Waals surface area contributed by atoms with E-state index < -0.39 is 0 Å². The van der Waals surface area contributed by atoms with Gasteiger partial charge in [0, 0.05) is 31.4 Å². The molecule has 1 unspecified atom stereocenters. The van der Waals surface area contributed by atoms with Gasteiger partial charge in [0.25, 0.3) is 0 Å². The van der Waals surface area contributed by atoms with Crippen LogP contribution in [0.25, 0.3) is 0 Å². The third-order valence-electron chi connectivity index (χ3n) is 3.85. The Hall–Kier alpha value is -1.81. The molecule has 2 aromatic rings. The second-order valence-corrected chi connectivity index (χ2v) is 5.49. The van der Waals surface area contributed by atoms with Crippen molar-refractivity contribution in [1.82, 2.24) is 15.1 Å². The Morgan fingerprint density at radius 2 is 2.10 bits per heavy atom. The quantitative estimate of drug-likeness (QED) is 0.878. The van der Waals surface area contributed by atoms with Crippen LogP contribution in [-0.2, 0) is 13.6 Å². The summed E-state index contributed by atoms with van der Waals surface area (Å²) < 4.78 is 7.07. The first-order valence-electron chi connectivity index (χ1n) is 7.11. The lowest BCUT2D eigenvalue weighted by Crippen LogP contribution is -2.22. The molecule has 0 radical (unpaired) electrons. The lowest BCUT2D eigenvalue weighted by molar-refractivity contribution is 0.413. The Morgan fingerprint density at radius 3 is 2.65 bits per heavy atom. The van der Waals surface area contributed by atoms with Crippen molar-refractivity contribution in [2.24, 2.45) is 13.0 Å². The third kappa shape index (κ3) is 3.02. The van der Waals surface area contributed by atoms with Gasteiger partial charge in [0.15, 0.2) is 0 Å². The molecule has 1 fully saturated rings. The van der Waals surface area contributed by atoms with Gasteiger partial charge in [0.2, 0.25) is 0 Å². The summed E-state index contributed by atoms with van der Waals surface area (Å²) in [5, 5.41) is 7.88. The van der Waals surface area contributed by atoms with Crippen LogP contribution in [0.1, 0.15) is 30.0 Å². The molecule has 1 aliphatic rings. The number of rotatable bonds is 6. The number of benzene rings is 1. The minimum Gasteiger partial charge on any atom is -0.497 e. The summed E-state index contributed by atoms with van der Waals surface area (Å²) in [6.07, 6.45) is 6.61. The minimum atomic E-state index is 0.432. The Balaban J connectivity index is 1.68. The molecule has 106 valence electrons. The van der Waals surface area contributed by atoms with Crippen molar-refractivity contribution in [2.45, 2.75) is 25.4 Å². The van der Waals surface area contributed by atoms with E-state index in [1.165, 1.54) is 24.0 Å². The summed E-state index contributed by atoms with van der Waals surface area (Å²) in [5.74, 6) is 1.68. The van der Waals surface area contributed by atoms with Crippen LogP contribution in [0.5, 0.6) is 5.75 Å². The SMILES string of the molecule is COc1ccc(C(NCc2cnn(C)c2)C2CC2)cc1. The Morgan fingerprint density at radius 1 is 1.35 bits per heavy atom. The van der Waals surface area contributed by atoms with E-state index >= 15 is 0 Å². The highest BCUT2D eigenvalue weighted by Crippen LogP contribution is 2.41. The molecule has 1 aromatic carbocycles. The number of aryl methyl sites for hydroxylation is 1. The van der Waals surface area contributed by atoms with Crippen molar-refractivity contribution >= 4 is 0 Å². The Bertz CT molecular complexity index is 557. The molecule has 4 heteroatoms. The maximum Gasteiger partial charge on any atom is 0.118 e. The van der Waals surface area contributed by atoms with Gasteiger partial charge >= 0.3 is 0 Å². The molecule has 3 rings (SSSR count). The lowest BCUT2D eigenvalue weighted by atomic mass is 10.0. The van der Waals surface area contributed by atoms with Crippen molar-refractivity contribution in [3.63, 3.8) is 0 Å². The van der Waals surface area contributed by atoms with E-state index in [1.54, 1.807) is 7.11 Å². The number of nitrogens with zero attached hydrogens (tertiary/aromatic N) is 2. The van der Waals surface area contributed by atoms with Gasteiger partial charge in [0.05, 0.1) is 13.3 Å². The zero-order chi connectivity index (χ0) is 13.9. The summed E-state index contributed by atoms with van der Waals surface area (Å²) in [6.45, 7) is 0.862. The van der Waals surface area contributed by atoms with E-state index in [2.05, 4.69) is 28.7 Å². The van der Waals surface area contributed by atoms with E-state index in [-0.39, 0.29) is 0 Å². The van der Waals surface area contributed by atoms with E-state index in [1.807, 2.05) is 30.1 Å². The van der Waals surface area contributed by atoms with Gasteiger partial charge in [-0.25, -0.2) is 0 Å². The molecule has 1 saturated carbocycles. The van der Waals surface area contributed by atoms with Gasteiger partial charge in [-0.15, -0.1) is 0 Å². The molecule has 0 saturated heterocycles. The van der Waals surface area contributed by atoms with Crippen molar-refractivity contribution in [3.8, 4) is 5.75 Å².